The second-order valence-electron chi connectivity index (χ2n) is 7.85. The molecule has 2 aliphatic carbocycles. The molecule has 0 amide bonds. The van der Waals surface area contributed by atoms with E-state index in [0.717, 1.165) is 6.42 Å². The average Bonchev–Trinajstić information content (AvgIpc) is 2.61. The van der Waals surface area contributed by atoms with Gasteiger partial charge in [-0.05, 0) is 76.9 Å². The fraction of sp³-hybridized carbons (Fsp3) is 0.739. The third-order valence-electron chi connectivity index (χ3n) is 5.61. The number of rotatable bonds is 5. The lowest BCUT2D eigenvalue weighted by Crippen LogP contribution is -2.09. The molecule has 0 aromatic heterocycles. The van der Waals surface area contributed by atoms with Crippen molar-refractivity contribution in [3.05, 3.63) is 23.3 Å². The van der Waals surface area contributed by atoms with Gasteiger partial charge in [-0.1, -0.05) is 56.6 Å². The lowest BCUT2D eigenvalue weighted by atomic mass is 9.82. The van der Waals surface area contributed by atoms with E-state index in [1.165, 1.54) is 75.4 Å². The molecule has 2 heteroatoms. The largest absolute Gasteiger partial charge is 0.295 e. The maximum atomic E-state index is 11.0. The lowest BCUT2D eigenvalue weighted by molar-refractivity contribution is -0.113. The summed E-state index contributed by atoms with van der Waals surface area (Å²) in [5.74, 6) is 1.81. The molecule has 2 rings (SSSR count). The molecule has 2 fully saturated rings. The van der Waals surface area contributed by atoms with E-state index in [9.17, 15) is 9.59 Å². The maximum Gasteiger partial charge on any atom is 0.152 e. The smallest absolute Gasteiger partial charge is 0.152 e. The van der Waals surface area contributed by atoms with Crippen LogP contribution in [0.15, 0.2) is 23.3 Å². The lowest BCUT2D eigenvalue weighted by Gasteiger charge is -2.23. The van der Waals surface area contributed by atoms with Crippen LogP contribution in [0.5, 0.6) is 0 Å². The van der Waals surface area contributed by atoms with E-state index in [1.54, 1.807) is 19.9 Å². The molecule has 2 saturated carbocycles. The van der Waals surface area contributed by atoms with Gasteiger partial charge in [-0.2, -0.15) is 0 Å². The van der Waals surface area contributed by atoms with Gasteiger partial charge < -0.3 is 0 Å². The Kier molecular flexibility index (Phi) is 10.7. The van der Waals surface area contributed by atoms with E-state index in [1.807, 2.05) is 6.08 Å². The van der Waals surface area contributed by atoms with Gasteiger partial charge in [0, 0.05) is 0 Å². The Bertz CT molecular complexity index is 472. The summed E-state index contributed by atoms with van der Waals surface area (Å²) >= 11 is 0. The zero-order valence-corrected chi connectivity index (χ0v) is 16.9. The predicted molar refractivity (Wildman–Crippen MR) is 107 cm³/mol. The Morgan fingerprint density at radius 1 is 0.720 bits per heavy atom. The Labute approximate surface area is 155 Å². The van der Waals surface area contributed by atoms with Crippen LogP contribution in [0.1, 0.15) is 98.3 Å². The Morgan fingerprint density at radius 2 is 1.16 bits per heavy atom. The van der Waals surface area contributed by atoms with E-state index in [-0.39, 0.29) is 11.6 Å². The van der Waals surface area contributed by atoms with Crippen LogP contribution in [0.25, 0.3) is 0 Å². The molecule has 0 aromatic carbocycles. The number of ketones is 2. The van der Waals surface area contributed by atoms with E-state index in [4.69, 9.17) is 0 Å². The molecule has 2 aliphatic rings. The van der Waals surface area contributed by atoms with Gasteiger partial charge >= 0.3 is 0 Å². The summed E-state index contributed by atoms with van der Waals surface area (Å²) in [5, 5.41) is 0. The summed E-state index contributed by atoms with van der Waals surface area (Å²) in [4.78, 5) is 21.8. The van der Waals surface area contributed by atoms with Gasteiger partial charge in [-0.25, -0.2) is 0 Å². The van der Waals surface area contributed by atoms with Gasteiger partial charge in [-0.15, -0.1) is 0 Å². The number of carbonyl (C=O) groups is 2. The molecule has 0 radical (unpaired) electrons. The fourth-order valence-electron chi connectivity index (χ4n) is 4.24. The van der Waals surface area contributed by atoms with Crippen molar-refractivity contribution in [1.82, 2.24) is 0 Å². The highest BCUT2D eigenvalue weighted by molar-refractivity contribution is 5.88. The first kappa shape index (κ1) is 21.9. The highest BCUT2D eigenvalue weighted by Gasteiger charge is 2.16. The number of hydrogen-bond acceptors (Lipinski definition) is 2. The molecule has 0 N–H and O–H groups in total. The topological polar surface area (TPSA) is 34.1 Å². The third-order valence-corrected chi connectivity index (χ3v) is 5.61. The number of hydrogen-bond donors (Lipinski definition) is 0. The SMILES string of the molecule is CC(=O)/C=C(\C)C1CCCCC1.CC/C(=C\C(C)=O)C1CCCCC1. The standard InChI is InChI=1S/C12H20O.C11H18O/c1-3-11(9-10(2)13)12-7-5-4-6-8-12;1-9(8-10(2)12)11-6-4-3-5-7-11/h9,12H,3-8H2,1-2H3;8,11H,3-7H2,1-2H3/b11-9+;9-8+. The first-order valence-corrected chi connectivity index (χ1v) is 10.3. The molecule has 0 heterocycles. The summed E-state index contributed by atoms with van der Waals surface area (Å²) in [5.41, 5.74) is 2.68. The van der Waals surface area contributed by atoms with Crippen molar-refractivity contribution in [1.29, 1.82) is 0 Å². The number of allylic oxidation sites excluding steroid dienone is 4. The predicted octanol–water partition coefficient (Wildman–Crippen LogP) is 6.59. The van der Waals surface area contributed by atoms with Crippen molar-refractivity contribution < 1.29 is 9.59 Å². The molecule has 0 saturated heterocycles. The molecule has 0 aliphatic heterocycles. The zero-order chi connectivity index (χ0) is 18.7. The Morgan fingerprint density at radius 3 is 1.56 bits per heavy atom. The molecule has 0 bridgehead atoms. The maximum absolute atomic E-state index is 11.0. The minimum absolute atomic E-state index is 0.193. The van der Waals surface area contributed by atoms with Crippen molar-refractivity contribution >= 4 is 11.6 Å². The summed E-state index contributed by atoms with van der Waals surface area (Å²) < 4.78 is 0. The molecular formula is C23H38O2. The first-order valence-electron chi connectivity index (χ1n) is 10.3. The summed E-state index contributed by atoms with van der Waals surface area (Å²) in [6, 6.07) is 0. The molecule has 0 atom stereocenters. The fourth-order valence-corrected chi connectivity index (χ4v) is 4.24. The van der Waals surface area contributed by atoms with Crippen LogP contribution in [0.4, 0.5) is 0 Å². The van der Waals surface area contributed by atoms with Crippen molar-refractivity contribution in [2.45, 2.75) is 98.3 Å². The molecule has 0 aromatic rings. The summed E-state index contributed by atoms with van der Waals surface area (Å²) in [7, 11) is 0. The van der Waals surface area contributed by atoms with Gasteiger partial charge in [0.15, 0.2) is 11.6 Å². The normalized spacial score (nSPS) is 20.6. The molecule has 25 heavy (non-hydrogen) atoms. The van der Waals surface area contributed by atoms with Crippen LogP contribution < -0.4 is 0 Å². The second-order valence-corrected chi connectivity index (χ2v) is 7.85. The van der Waals surface area contributed by atoms with Crippen molar-refractivity contribution in [3.63, 3.8) is 0 Å². The minimum Gasteiger partial charge on any atom is -0.295 e. The van der Waals surface area contributed by atoms with E-state index >= 15 is 0 Å². The van der Waals surface area contributed by atoms with Crippen LogP contribution >= 0.6 is 0 Å². The van der Waals surface area contributed by atoms with Crippen molar-refractivity contribution in [3.8, 4) is 0 Å². The molecule has 0 unspecified atom stereocenters. The van der Waals surface area contributed by atoms with Crippen LogP contribution in [-0.4, -0.2) is 11.6 Å². The second kappa shape index (κ2) is 12.2. The van der Waals surface area contributed by atoms with Gasteiger partial charge in [-0.3, -0.25) is 9.59 Å². The first-order chi connectivity index (χ1) is 11.9. The van der Waals surface area contributed by atoms with Gasteiger partial charge in [0.25, 0.3) is 0 Å². The quantitative estimate of drug-likeness (QED) is 0.526. The molecule has 0 spiro atoms. The summed E-state index contributed by atoms with van der Waals surface area (Å²) in [6.45, 7) is 7.53. The molecule has 142 valence electrons. The number of carbonyl (C=O) groups excluding carboxylic acids is 2. The zero-order valence-electron chi connectivity index (χ0n) is 16.9. The molecule has 2 nitrogen and oxygen atoms in total. The highest BCUT2D eigenvalue weighted by Crippen LogP contribution is 2.31. The van der Waals surface area contributed by atoms with Crippen molar-refractivity contribution in [2.24, 2.45) is 11.8 Å². The van der Waals surface area contributed by atoms with Crippen LogP contribution in [0.2, 0.25) is 0 Å². The highest BCUT2D eigenvalue weighted by atomic mass is 16.1. The molecular weight excluding hydrogens is 308 g/mol. The van der Waals surface area contributed by atoms with E-state index < -0.39 is 0 Å². The Balaban J connectivity index is 0.000000251. The van der Waals surface area contributed by atoms with Crippen LogP contribution in [0, 0.1) is 11.8 Å². The summed E-state index contributed by atoms with van der Waals surface area (Å²) in [6.07, 6.45) is 18.0. The Hall–Kier alpha value is -1.18. The average molecular weight is 347 g/mol. The van der Waals surface area contributed by atoms with Crippen LogP contribution in [-0.2, 0) is 9.59 Å². The van der Waals surface area contributed by atoms with Gasteiger partial charge in [0.1, 0.15) is 0 Å². The monoisotopic (exact) mass is 346 g/mol. The minimum atomic E-state index is 0.193. The van der Waals surface area contributed by atoms with E-state index in [0.29, 0.717) is 11.8 Å². The van der Waals surface area contributed by atoms with Crippen molar-refractivity contribution in [2.75, 3.05) is 0 Å². The van der Waals surface area contributed by atoms with Gasteiger partial charge in [0.05, 0.1) is 0 Å². The van der Waals surface area contributed by atoms with Crippen LogP contribution in [0.3, 0.4) is 0 Å². The van der Waals surface area contributed by atoms with Gasteiger partial charge in [0.2, 0.25) is 0 Å². The van der Waals surface area contributed by atoms with E-state index in [2.05, 4.69) is 13.8 Å². The third kappa shape index (κ3) is 9.18.